The highest BCUT2D eigenvalue weighted by atomic mass is 16.4. The molecule has 0 bridgehead atoms. The summed E-state index contributed by atoms with van der Waals surface area (Å²) in [5.74, 6) is -0.794. The van der Waals surface area contributed by atoms with Gasteiger partial charge in [0.15, 0.2) is 6.29 Å². The maximum Gasteiger partial charge on any atom is 0.303 e. The van der Waals surface area contributed by atoms with Gasteiger partial charge in [-0.15, -0.1) is 0 Å². The second kappa shape index (κ2) is 4.40. The Labute approximate surface area is 78.1 Å². The van der Waals surface area contributed by atoms with E-state index in [0.717, 1.165) is 25.7 Å². The maximum atomic E-state index is 10.6. The predicted octanol–water partition coefficient (Wildman–Crippen LogP) is 1.91. The molecular formula is C10H15O3. The van der Waals surface area contributed by atoms with Crippen LogP contribution >= 0.6 is 0 Å². The van der Waals surface area contributed by atoms with Crippen molar-refractivity contribution in [2.24, 2.45) is 5.41 Å². The summed E-state index contributed by atoms with van der Waals surface area (Å²) in [4.78, 5) is 21.0. The molecule has 0 amide bonds. The molecule has 0 aromatic carbocycles. The summed E-state index contributed by atoms with van der Waals surface area (Å²) < 4.78 is 0. The van der Waals surface area contributed by atoms with Gasteiger partial charge in [-0.05, 0) is 18.3 Å². The van der Waals surface area contributed by atoms with Crippen molar-refractivity contribution in [3.8, 4) is 0 Å². The average molecular weight is 183 g/mol. The molecule has 1 fully saturated rings. The molecule has 1 saturated carbocycles. The Kier molecular flexibility index (Phi) is 3.46. The zero-order chi connectivity index (χ0) is 9.73. The molecule has 1 aliphatic rings. The molecule has 3 nitrogen and oxygen atoms in total. The smallest absolute Gasteiger partial charge is 0.303 e. The van der Waals surface area contributed by atoms with Crippen LogP contribution in [0.3, 0.4) is 0 Å². The Balaban J connectivity index is 2.60. The fourth-order valence-electron chi connectivity index (χ4n) is 2.19. The van der Waals surface area contributed by atoms with Crippen LogP contribution in [0.1, 0.15) is 44.9 Å². The summed E-state index contributed by atoms with van der Waals surface area (Å²) in [5.41, 5.74) is -0.272. The van der Waals surface area contributed by atoms with E-state index < -0.39 is 5.97 Å². The molecule has 0 unspecified atom stereocenters. The zero-order valence-electron chi connectivity index (χ0n) is 7.71. The third-order valence-electron chi connectivity index (χ3n) is 2.89. The van der Waals surface area contributed by atoms with Crippen molar-refractivity contribution in [1.82, 2.24) is 0 Å². The van der Waals surface area contributed by atoms with E-state index in [1.165, 1.54) is 6.42 Å². The first-order chi connectivity index (χ1) is 6.18. The van der Waals surface area contributed by atoms with E-state index in [0.29, 0.717) is 6.42 Å². The molecule has 73 valence electrons. The second-order valence-electron chi connectivity index (χ2n) is 3.95. The van der Waals surface area contributed by atoms with Crippen molar-refractivity contribution < 1.29 is 14.7 Å². The molecule has 0 saturated heterocycles. The summed E-state index contributed by atoms with van der Waals surface area (Å²) in [6, 6.07) is 0. The first kappa shape index (κ1) is 10.2. The summed E-state index contributed by atoms with van der Waals surface area (Å²) in [6.45, 7) is 0. The fraction of sp³-hybridized carbons (Fsp3) is 0.800. The van der Waals surface area contributed by atoms with Crippen LogP contribution in [0.25, 0.3) is 0 Å². The van der Waals surface area contributed by atoms with E-state index in [1.54, 1.807) is 0 Å². The second-order valence-corrected chi connectivity index (χ2v) is 3.95. The first-order valence-corrected chi connectivity index (χ1v) is 4.75. The maximum absolute atomic E-state index is 10.6. The molecule has 13 heavy (non-hydrogen) atoms. The van der Waals surface area contributed by atoms with Crippen LogP contribution in [0.5, 0.6) is 0 Å². The van der Waals surface area contributed by atoms with Gasteiger partial charge in [0.25, 0.3) is 0 Å². The van der Waals surface area contributed by atoms with Gasteiger partial charge >= 0.3 is 5.97 Å². The molecule has 0 aliphatic heterocycles. The van der Waals surface area contributed by atoms with Crippen LogP contribution in [0.4, 0.5) is 0 Å². The van der Waals surface area contributed by atoms with Crippen molar-refractivity contribution in [3.05, 3.63) is 0 Å². The van der Waals surface area contributed by atoms with Gasteiger partial charge in [-0.3, -0.25) is 9.59 Å². The van der Waals surface area contributed by atoms with Crippen molar-refractivity contribution in [2.75, 3.05) is 0 Å². The molecule has 0 aromatic heterocycles. The number of aliphatic carboxylic acids is 1. The van der Waals surface area contributed by atoms with Crippen molar-refractivity contribution in [2.45, 2.75) is 44.9 Å². The Morgan fingerprint density at radius 3 is 2.38 bits per heavy atom. The Bertz CT molecular complexity index is 192. The number of rotatable bonds is 4. The highest BCUT2D eigenvalue weighted by molar-refractivity contribution is 5.68. The topological polar surface area (TPSA) is 54.4 Å². The minimum Gasteiger partial charge on any atom is -0.481 e. The largest absolute Gasteiger partial charge is 0.481 e. The third kappa shape index (κ3) is 2.83. The van der Waals surface area contributed by atoms with Crippen LogP contribution in [-0.4, -0.2) is 17.4 Å². The minimum atomic E-state index is -0.794. The lowest BCUT2D eigenvalue weighted by atomic mass is 9.70. The van der Waals surface area contributed by atoms with Crippen molar-refractivity contribution in [1.29, 1.82) is 0 Å². The quantitative estimate of drug-likeness (QED) is 0.724. The minimum absolute atomic E-state index is 0.127. The van der Waals surface area contributed by atoms with Crippen LogP contribution in [0, 0.1) is 5.41 Å². The fourth-order valence-corrected chi connectivity index (χ4v) is 2.19. The molecule has 3 heteroatoms. The number of hydrogen-bond donors (Lipinski definition) is 1. The number of carbonyl (C=O) groups is 1. The van der Waals surface area contributed by atoms with Gasteiger partial charge in [0.2, 0.25) is 0 Å². The molecule has 0 heterocycles. The lowest BCUT2D eigenvalue weighted by Gasteiger charge is -2.34. The molecule has 1 radical (unpaired) electrons. The van der Waals surface area contributed by atoms with Crippen LogP contribution in [0.2, 0.25) is 0 Å². The Morgan fingerprint density at radius 1 is 1.31 bits per heavy atom. The van der Waals surface area contributed by atoms with E-state index in [1.807, 2.05) is 6.29 Å². The standard InChI is InChI=1S/C10H15O3/c11-7-6-10(8-9(12)13)4-2-1-3-5-10/h1-6,8H2,(H,12,13). The van der Waals surface area contributed by atoms with Crippen molar-refractivity contribution in [3.63, 3.8) is 0 Å². The van der Waals surface area contributed by atoms with Gasteiger partial charge in [0.1, 0.15) is 0 Å². The third-order valence-corrected chi connectivity index (χ3v) is 2.89. The monoisotopic (exact) mass is 183 g/mol. The SMILES string of the molecule is O=[C]CC1(CC(=O)O)CCCCC1. The van der Waals surface area contributed by atoms with Gasteiger partial charge in [-0.2, -0.15) is 0 Å². The van der Waals surface area contributed by atoms with E-state index in [-0.39, 0.29) is 11.8 Å². The lowest BCUT2D eigenvalue weighted by Crippen LogP contribution is -2.27. The predicted molar refractivity (Wildman–Crippen MR) is 48.1 cm³/mol. The summed E-state index contributed by atoms with van der Waals surface area (Å²) >= 11 is 0. The van der Waals surface area contributed by atoms with E-state index in [9.17, 15) is 9.59 Å². The Morgan fingerprint density at radius 2 is 1.92 bits per heavy atom. The summed E-state index contributed by atoms with van der Waals surface area (Å²) in [7, 11) is 0. The molecular weight excluding hydrogens is 168 g/mol. The molecule has 0 aromatic rings. The summed E-state index contributed by atoms with van der Waals surface area (Å²) in [5, 5.41) is 8.73. The molecule has 0 atom stereocenters. The van der Waals surface area contributed by atoms with Crippen molar-refractivity contribution >= 4 is 12.3 Å². The first-order valence-electron chi connectivity index (χ1n) is 4.75. The number of carbonyl (C=O) groups excluding carboxylic acids is 1. The molecule has 1 aliphatic carbocycles. The highest BCUT2D eigenvalue weighted by Crippen LogP contribution is 2.41. The highest BCUT2D eigenvalue weighted by Gasteiger charge is 2.34. The molecule has 1 N–H and O–H groups in total. The number of carboxylic acids is 1. The average Bonchev–Trinajstić information content (AvgIpc) is 2.04. The summed E-state index contributed by atoms with van der Waals surface area (Å²) in [6.07, 6.45) is 7.30. The van der Waals surface area contributed by atoms with Crippen LogP contribution in [0.15, 0.2) is 0 Å². The van der Waals surface area contributed by atoms with Gasteiger partial charge in [0, 0.05) is 6.42 Å². The lowest BCUT2D eigenvalue weighted by molar-refractivity contribution is -0.140. The van der Waals surface area contributed by atoms with E-state index >= 15 is 0 Å². The van der Waals surface area contributed by atoms with Crippen LogP contribution < -0.4 is 0 Å². The zero-order valence-corrected chi connectivity index (χ0v) is 7.71. The van der Waals surface area contributed by atoms with E-state index in [2.05, 4.69) is 0 Å². The van der Waals surface area contributed by atoms with Gasteiger partial charge in [-0.25, -0.2) is 0 Å². The number of hydrogen-bond acceptors (Lipinski definition) is 2. The van der Waals surface area contributed by atoms with Gasteiger partial charge < -0.3 is 5.11 Å². The van der Waals surface area contributed by atoms with Crippen LogP contribution in [-0.2, 0) is 9.59 Å². The number of carboxylic acid groups (broad SMARTS) is 1. The Hall–Kier alpha value is -0.860. The van der Waals surface area contributed by atoms with Gasteiger partial charge in [0.05, 0.1) is 6.42 Å². The molecule has 0 spiro atoms. The van der Waals surface area contributed by atoms with Gasteiger partial charge in [-0.1, -0.05) is 19.3 Å². The molecule has 1 rings (SSSR count). The van der Waals surface area contributed by atoms with E-state index in [4.69, 9.17) is 5.11 Å². The normalized spacial score (nSPS) is 20.9.